The van der Waals surface area contributed by atoms with Crippen LogP contribution in [-0.4, -0.2) is 11.2 Å². The van der Waals surface area contributed by atoms with E-state index >= 15 is 0 Å². The molecule has 0 saturated heterocycles. The molecule has 0 radical (unpaired) electrons. The molecule has 2 aliphatic rings. The number of aliphatic hydroxyl groups is 1. The Bertz CT molecular complexity index is 464. The van der Waals surface area contributed by atoms with Gasteiger partial charge in [0.25, 0.3) is 0 Å². The average molecular weight is 274 g/mol. The Kier molecular flexibility index (Phi) is 3.76. The summed E-state index contributed by atoms with van der Waals surface area (Å²) < 4.78 is 5.77. The topological polar surface area (TPSA) is 29.5 Å². The maximum Gasteiger partial charge on any atom is 0.120 e. The first-order valence-corrected chi connectivity index (χ1v) is 8.06. The summed E-state index contributed by atoms with van der Waals surface area (Å²) in [6.45, 7) is 4.07. The summed E-state index contributed by atoms with van der Waals surface area (Å²) in [6, 6.07) is 8.08. The van der Waals surface area contributed by atoms with Crippen molar-refractivity contribution in [3.63, 3.8) is 0 Å². The molecule has 2 fully saturated rings. The maximum absolute atomic E-state index is 11.1. The van der Waals surface area contributed by atoms with Crippen LogP contribution in [-0.2, 0) is 5.60 Å². The highest BCUT2D eigenvalue weighted by Crippen LogP contribution is 2.49. The van der Waals surface area contributed by atoms with Gasteiger partial charge in [0, 0.05) is 0 Å². The zero-order chi connectivity index (χ0) is 14.2. The highest BCUT2D eigenvalue weighted by molar-refractivity contribution is 5.33. The summed E-state index contributed by atoms with van der Waals surface area (Å²) in [5, 5.41) is 11.1. The maximum atomic E-state index is 11.1. The molecule has 20 heavy (non-hydrogen) atoms. The van der Waals surface area contributed by atoms with Crippen molar-refractivity contribution in [1.29, 1.82) is 0 Å². The third-order valence-electron chi connectivity index (χ3n) is 4.80. The van der Waals surface area contributed by atoms with E-state index in [9.17, 15) is 5.11 Å². The molecule has 1 aromatic rings. The SMILES string of the molecule is CC(C)Oc1cccc(C2(O)CCCC(C3CC3)C2)c1. The molecule has 0 heterocycles. The normalized spacial score (nSPS) is 30.5. The van der Waals surface area contributed by atoms with E-state index < -0.39 is 5.60 Å². The van der Waals surface area contributed by atoms with E-state index in [0.717, 1.165) is 42.4 Å². The summed E-state index contributed by atoms with van der Waals surface area (Å²) in [5.41, 5.74) is 0.406. The van der Waals surface area contributed by atoms with Crippen LogP contribution in [0.15, 0.2) is 24.3 Å². The van der Waals surface area contributed by atoms with Crippen LogP contribution in [0, 0.1) is 11.8 Å². The Balaban J connectivity index is 1.79. The minimum Gasteiger partial charge on any atom is -0.491 e. The molecule has 2 nitrogen and oxygen atoms in total. The van der Waals surface area contributed by atoms with Crippen molar-refractivity contribution >= 4 is 0 Å². The lowest BCUT2D eigenvalue weighted by atomic mass is 9.73. The van der Waals surface area contributed by atoms with Crippen LogP contribution in [0.5, 0.6) is 5.75 Å². The highest BCUT2D eigenvalue weighted by atomic mass is 16.5. The number of hydrogen-bond donors (Lipinski definition) is 1. The van der Waals surface area contributed by atoms with Crippen molar-refractivity contribution in [2.75, 3.05) is 0 Å². The van der Waals surface area contributed by atoms with Gasteiger partial charge in [-0.3, -0.25) is 0 Å². The Morgan fingerprint density at radius 2 is 2.00 bits per heavy atom. The molecule has 3 rings (SSSR count). The molecular formula is C18H26O2. The summed E-state index contributed by atoms with van der Waals surface area (Å²) in [7, 11) is 0. The van der Waals surface area contributed by atoms with E-state index in [1.165, 1.54) is 19.3 Å². The van der Waals surface area contributed by atoms with Gasteiger partial charge in [0.2, 0.25) is 0 Å². The van der Waals surface area contributed by atoms with Gasteiger partial charge in [-0.25, -0.2) is 0 Å². The second kappa shape index (κ2) is 5.40. The molecule has 2 unspecified atom stereocenters. The predicted octanol–water partition coefficient (Wildman–Crippen LogP) is 4.26. The number of ether oxygens (including phenoxy) is 1. The molecule has 110 valence electrons. The third kappa shape index (κ3) is 3.01. The predicted molar refractivity (Wildman–Crippen MR) is 80.8 cm³/mol. The van der Waals surface area contributed by atoms with E-state index in [4.69, 9.17) is 4.74 Å². The van der Waals surface area contributed by atoms with Gasteiger partial charge in [-0.2, -0.15) is 0 Å². The Labute approximate surface area is 122 Å². The summed E-state index contributed by atoms with van der Waals surface area (Å²) in [4.78, 5) is 0. The van der Waals surface area contributed by atoms with E-state index in [-0.39, 0.29) is 6.10 Å². The molecule has 2 aliphatic carbocycles. The largest absolute Gasteiger partial charge is 0.491 e. The van der Waals surface area contributed by atoms with Gasteiger partial charge in [-0.15, -0.1) is 0 Å². The standard InChI is InChI=1S/C18H26O2/c1-13(2)20-17-7-3-6-16(11-17)18(19)10-4-5-15(12-18)14-8-9-14/h3,6-7,11,13-15,19H,4-5,8-10,12H2,1-2H3. The highest BCUT2D eigenvalue weighted by Gasteiger charge is 2.41. The minimum absolute atomic E-state index is 0.172. The lowest BCUT2D eigenvalue weighted by Crippen LogP contribution is -2.33. The summed E-state index contributed by atoms with van der Waals surface area (Å²) in [5.74, 6) is 2.49. The fraction of sp³-hybridized carbons (Fsp3) is 0.667. The molecule has 1 aromatic carbocycles. The third-order valence-corrected chi connectivity index (χ3v) is 4.80. The Hall–Kier alpha value is -1.02. The second-order valence-corrected chi connectivity index (χ2v) is 6.92. The zero-order valence-corrected chi connectivity index (χ0v) is 12.6. The van der Waals surface area contributed by atoms with E-state index in [2.05, 4.69) is 6.07 Å². The molecule has 2 heteroatoms. The van der Waals surface area contributed by atoms with Crippen molar-refractivity contribution in [3.05, 3.63) is 29.8 Å². The average Bonchev–Trinajstić information content (AvgIpc) is 3.22. The smallest absolute Gasteiger partial charge is 0.120 e. The Morgan fingerprint density at radius 1 is 1.20 bits per heavy atom. The van der Waals surface area contributed by atoms with E-state index in [0.29, 0.717) is 0 Å². The van der Waals surface area contributed by atoms with E-state index in [1.807, 2.05) is 32.0 Å². The fourth-order valence-electron chi connectivity index (χ4n) is 3.66. The minimum atomic E-state index is -0.637. The lowest BCUT2D eigenvalue weighted by Gasteiger charge is -2.37. The van der Waals surface area contributed by atoms with Crippen LogP contribution >= 0.6 is 0 Å². The van der Waals surface area contributed by atoms with Crippen molar-refractivity contribution in [2.45, 2.75) is 64.1 Å². The van der Waals surface area contributed by atoms with Crippen LogP contribution in [0.2, 0.25) is 0 Å². The zero-order valence-electron chi connectivity index (χ0n) is 12.6. The summed E-state index contributed by atoms with van der Waals surface area (Å²) in [6.07, 6.45) is 7.19. The molecule has 0 aromatic heterocycles. The van der Waals surface area contributed by atoms with Gasteiger partial charge in [-0.1, -0.05) is 12.1 Å². The van der Waals surface area contributed by atoms with Crippen LogP contribution in [0.1, 0.15) is 57.9 Å². The van der Waals surface area contributed by atoms with Crippen molar-refractivity contribution in [1.82, 2.24) is 0 Å². The molecule has 1 N–H and O–H groups in total. The van der Waals surface area contributed by atoms with Gasteiger partial charge in [0.1, 0.15) is 5.75 Å². The molecular weight excluding hydrogens is 248 g/mol. The molecule has 0 amide bonds. The molecule has 2 saturated carbocycles. The molecule has 0 spiro atoms. The van der Waals surface area contributed by atoms with Crippen molar-refractivity contribution in [2.24, 2.45) is 11.8 Å². The van der Waals surface area contributed by atoms with Gasteiger partial charge in [0.05, 0.1) is 11.7 Å². The number of rotatable bonds is 4. The molecule has 0 aliphatic heterocycles. The first-order chi connectivity index (χ1) is 9.57. The van der Waals surface area contributed by atoms with Crippen LogP contribution in [0.4, 0.5) is 0 Å². The van der Waals surface area contributed by atoms with Crippen LogP contribution < -0.4 is 4.74 Å². The van der Waals surface area contributed by atoms with E-state index in [1.54, 1.807) is 0 Å². The first kappa shape index (κ1) is 13.9. The quantitative estimate of drug-likeness (QED) is 0.889. The van der Waals surface area contributed by atoms with Crippen molar-refractivity contribution < 1.29 is 9.84 Å². The van der Waals surface area contributed by atoms with Gasteiger partial charge in [0.15, 0.2) is 0 Å². The van der Waals surface area contributed by atoms with Gasteiger partial charge >= 0.3 is 0 Å². The number of hydrogen-bond acceptors (Lipinski definition) is 2. The van der Waals surface area contributed by atoms with Crippen LogP contribution in [0.25, 0.3) is 0 Å². The molecule has 0 bridgehead atoms. The summed E-state index contributed by atoms with van der Waals surface area (Å²) >= 11 is 0. The van der Waals surface area contributed by atoms with Crippen LogP contribution in [0.3, 0.4) is 0 Å². The second-order valence-electron chi connectivity index (χ2n) is 6.92. The Morgan fingerprint density at radius 3 is 2.70 bits per heavy atom. The fourth-order valence-corrected chi connectivity index (χ4v) is 3.66. The van der Waals surface area contributed by atoms with Gasteiger partial charge < -0.3 is 9.84 Å². The van der Waals surface area contributed by atoms with Crippen molar-refractivity contribution in [3.8, 4) is 5.75 Å². The first-order valence-electron chi connectivity index (χ1n) is 8.06. The monoisotopic (exact) mass is 274 g/mol. The molecule has 2 atom stereocenters. The van der Waals surface area contributed by atoms with Gasteiger partial charge in [-0.05, 0) is 81.9 Å². The lowest BCUT2D eigenvalue weighted by molar-refractivity contribution is -0.0253. The number of benzene rings is 1.